The number of carbonyl (C=O) groups is 1. The van der Waals surface area contributed by atoms with E-state index in [0.717, 1.165) is 11.3 Å². The Balaban J connectivity index is 1.71. The zero-order valence-electron chi connectivity index (χ0n) is 16.4. The fourth-order valence-electron chi connectivity index (χ4n) is 2.80. The van der Waals surface area contributed by atoms with Crippen LogP contribution >= 0.6 is 12.2 Å². The molecule has 0 saturated carbocycles. The minimum absolute atomic E-state index is 0.163. The molecule has 0 aliphatic carbocycles. The summed E-state index contributed by atoms with van der Waals surface area (Å²) >= 11 is 5.32. The molecular formula is C20H22N4O4S. The quantitative estimate of drug-likeness (QED) is 0.547. The van der Waals surface area contributed by atoms with Crippen LogP contribution in [0.3, 0.4) is 0 Å². The van der Waals surface area contributed by atoms with E-state index in [9.17, 15) is 4.79 Å². The van der Waals surface area contributed by atoms with Crippen molar-refractivity contribution in [2.45, 2.75) is 13.0 Å². The maximum Gasteiger partial charge on any atom is 0.226 e. The molecule has 1 heterocycles. The summed E-state index contributed by atoms with van der Waals surface area (Å²) in [6.45, 7) is 0.379. The lowest BCUT2D eigenvalue weighted by atomic mass is 10.2. The van der Waals surface area contributed by atoms with E-state index < -0.39 is 0 Å². The second-order valence-electron chi connectivity index (χ2n) is 6.13. The molecule has 3 rings (SSSR count). The van der Waals surface area contributed by atoms with E-state index in [-0.39, 0.29) is 12.3 Å². The van der Waals surface area contributed by atoms with Gasteiger partial charge in [-0.1, -0.05) is 0 Å². The van der Waals surface area contributed by atoms with E-state index >= 15 is 0 Å². The van der Waals surface area contributed by atoms with Crippen LogP contribution in [0.5, 0.6) is 17.2 Å². The van der Waals surface area contributed by atoms with Crippen molar-refractivity contribution in [2.75, 3.05) is 26.6 Å². The fourth-order valence-corrected chi connectivity index (χ4v) is 3.03. The molecule has 2 aromatic carbocycles. The van der Waals surface area contributed by atoms with Gasteiger partial charge in [-0.05, 0) is 36.5 Å². The molecule has 8 nitrogen and oxygen atoms in total. The molecule has 0 fully saturated rings. The summed E-state index contributed by atoms with van der Waals surface area (Å²) in [6, 6.07) is 12.7. The molecule has 0 aliphatic heterocycles. The summed E-state index contributed by atoms with van der Waals surface area (Å²) in [5.41, 5.74) is 1.47. The largest absolute Gasteiger partial charge is 0.497 e. The smallest absolute Gasteiger partial charge is 0.226 e. The normalized spacial score (nSPS) is 10.4. The summed E-state index contributed by atoms with van der Waals surface area (Å²) < 4.78 is 17.9. The molecule has 2 N–H and O–H groups in total. The van der Waals surface area contributed by atoms with Gasteiger partial charge in [0.2, 0.25) is 5.91 Å². The SMILES string of the molecule is COc1ccc(-c2n[nH]c(=S)n2CCC(=O)Nc2cc(OC)cc(OC)c2)cc1. The van der Waals surface area contributed by atoms with Crippen molar-refractivity contribution in [3.63, 3.8) is 0 Å². The Bertz CT molecular complexity index is 1020. The minimum atomic E-state index is -0.163. The zero-order valence-corrected chi connectivity index (χ0v) is 17.2. The van der Waals surface area contributed by atoms with Crippen LogP contribution in [0.15, 0.2) is 42.5 Å². The topological polar surface area (TPSA) is 90.4 Å². The van der Waals surface area contributed by atoms with Crippen molar-refractivity contribution >= 4 is 23.8 Å². The van der Waals surface area contributed by atoms with E-state index in [4.69, 9.17) is 26.4 Å². The molecule has 0 atom stereocenters. The molecule has 9 heteroatoms. The van der Waals surface area contributed by atoms with Crippen LogP contribution < -0.4 is 19.5 Å². The van der Waals surface area contributed by atoms with Crippen LogP contribution in [0.1, 0.15) is 6.42 Å². The van der Waals surface area contributed by atoms with Gasteiger partial charge in [0.25, 0.3) is 0 Å². The molecule has 1 amide bonds. The number of amides is 1. The van der Waals surface area contributed by atoms with Gasteiger partial charge in [0, 0.05) is 42.4 Å². The third-order valence-corrected chi connectivity index (χ3v) is 4.62. The molecule has 3 aromatic rings. The van der Waals surface area contributed by atoms with Crippen LogP contribution in [-0.2, 0) is 11.3 Å². The number of rotatable bonds is 8. The van der Waals surface area contributed by atoms with Crippen LogP contribution in [0.4, 0.5) is 5.69 Å². The molecule has 29 heavy (non-hydrogen) atoms. The molecule has 0 bridgehead atoms. The van der Waals surface area contributed by atoms with Crippen LogP contribution in [0, 0.1) is 4.77 Å². The lowest BCUT2D eigenvalue weighted by Crippen LogP contribution is -2.15. The van der Waals surface area contributed by atoms with E-state index in [2.05, 4.69) is 15.5 Å². The number of benzene rings is 2. The molecule has 0 radical (unpaired) electrons. The summed E-state index contributed by atoms with van der Waals surface area (Å²) in [6.07, 6.45) is 0.219. The lowest BCUT2D eigenvalue weighted by molar-refractivity contribution is -0.116. The van der Waals surface area contributed by atoms with Gasteiger partial charge >= 0.3 is 0 Å². The summed E-state index contributed by atoms with van der Waals surface area (Å²) in [5, 5.41) is 9.93. The number of hydrogen-bond donors (Lipinski definition) is 2. The number of H-pyrrole nitrogens is 1. The first kappa shape index (κ1) is 20.4. The number of aromatic amines is 1. The average Bonchev–Trinajstić information content (AvgIpc) is 3.12. The van der Waals surface area contributed by atoms with Crippen molar-refractivity contribution in [2.24, 2.45) is 0 Å². The van der Waals surface area contributed by atoms with E-state index in [1.54, 1.807) is 44.1 Å². The number of nitrogens with zero attached hydrogens (tertiary/aromatic N) is 2. The number of anilines is 1. The van der Waals surface area contributed by atoms with Gasteiger partial charge < -0.3 is 19.5 Å². The molecule has 0 saturated heterocycles. The molecular weight excluding hydrogens is 392 g/mol. The molecule has 0 unspecified atom stereocenters. The van der Waals surface area contributed by atoms with Crippen molar-refractivity contribution in [3.8, 4) is 28.6 Å². The zero-order chi connectivity index (χ0) is 20.8. The van der Waals surface area contributed by atoms with Gasteiger partial charge in [-0.15, -0.1) is 0 Å². The van der Waals surface area contributed by atoms with Crippen LogP contribution in [-0.4, -0.2) is 42.0 Å². The first-order chi connectivity index (χ1) is 14.0. The number of ether oxygens (including phenoxy) is 3. The number of methoxy groups -OCH3 is 3. The number of nitrogens with one attached hydrogen (secondary N) is 2. The fraction of sp³-hybridized carbons (Fsp3) is 0.250. The van der Waals surface area contributed by atoms with E-state index in [1.165, 1.54) is 0 Å². The maximum atomic E-state index is 12.5. The van der Waals surface area contributed by atoms with Crippen molar-refractivity contribution in [3.05, 3.63) is 47.2 Å². The van der Waals surface area contributed by atoms with Crippen LogP contribution in [0.25, 0.3) is 11.4 Å². The van der Waals surface area contributed by atoms with Gasteiger partial charge in [-0.25, -0.2) is 0 Å². The lowest BCUT2D eigenvalue weighted by Gasteiger charge is -2.11. The predicted molar refractivity (Wildman–Crippen MR) is 112 cm³/mol. The van der Waals surface area contributed by atoms with Gasteiger partial charge in [0.05, 0.1) is 21.3 Å². The highest BCUT2D eigenvalue weighted by atomic mass is 32.1. The first-order valence-electron chi connectivity index (χ1n) is 8.86. The summed E-state index contributed by atoms with van der Waals surface area (Å²) in [7, 11) is 4.73. The van der Waals surface area contributed by atoms with Crippen molar-refractivity contribution < 1.29 is 19.0 Å². The second-order valence-corrected chi connectivity index (χ2v) is 6.52. The maximum absolute atomic E-state index is 12.5. The monoisotopic (exact) mass is 414 g/mol. The van der Waals surface area contributed by atoms with Crippen molar-refractivity contribution in [1.29, 1.82) is 0 Å². The third-order valence-electron chi connectivity index (χ3n) is 4.30. The Morgan fingerprint density at radius 2 is 1.66 bits per heavy atom. The van der Waals surface area contributed by atoms with Crippen molar-refractivity contribution in [1.82, 2.24) is 14.8 Å². The summed E-state index contributed by atoms with van der Waals surface area (Å²) in [4.78, 5) is 12.5. The minimum Gasteiger partial charge on any atom is -0.497 e. The number of hydrogen-bond acceptors (Lipinski definition) is 6. The highest BCUT2D eigenvalue weighted by Crippen LogP contribution is 2.26. The van der Waals surface area contributed by atoms with Gasteiger partial charge in [0.1, 0.15) is 17.2 Å². The molecule has 152 valence electrons. The summed E-state index contributed by atoms with van der Waals surface area (Å²) in [5.74, 6) is 2.44. The second kappa shape index (κ2) is 9.24. The standard InChI is InChI=1S/C20H22N4O4S/c1-26-15-6-4-13(5-7-15)19-22-23-20(29)24(19)9-8-18(25)21-14-10-16(27-2)12-17(11-14)28-3/h4-7,10-12H,8-9H2,1-3H3,(H,21,25)(H,23,29). The molecule has 0 aliphatic rings. The molecule has 1 aromatic heterocycles. The van der Waals surface area contributed by atoms with Gasteiger partial charge in [-0.2, -0.15) is 5.10 Å². The Labute approximate surface area is 173 Å². The van der Waals surface area contributed by atoms with E-state index in [1.807, 2.05) is 24.3 Å². The first-order valence-corrected chi connectivity index (χ1v) is 9.27. The van der Waals surface area contributed by atoms with Gasteiger partial charge in [-0.3, -0.25) is 14.5 Å². The average molecular weight is 414 g/mol. The number of carbonyl (C=O) groups excluding carboxylic acids is 1. The Morgan fingerprint density at radius 3 is 2.24 bits per heavy atom. The van der Waals surface area contributed by atoms with Gasteiger partial charge in [0.15, 0.2) is 10.6 Å². The van der Waals surface area contributed by atoms with Crippen LogP contribution in [0.2, 0.25) is 0 Å². The Morgan fingerprint density at radius 1 is 1.03 bits per heavy atom. The highest BCUT2D eigenvalue weighted by Gasteiger charge is 2.12. The van der Waals surface area contributed by atoms with E-state index in [0.29, 0.717) is 34.3 Å². The predicted octanol–water partition coefficient (Wildman–Crippen LogP) is 3.66. The third kappa shape index (κ3) is 4.94. The number of aromatic nitrogens is 3. The Kier molecular flexibility index (Phi) is 6.50. The Hall–Kier alpha value is -3.33. The highest BCUT2D eigenvalue weighted by molar-refractivity contribution is 7.71. The molecule has 0 spiro atoms.